The third-order valence-corrected chi connectivity index (χ3v) is 3.15. The largest absolute Gasteiger partial charge is 0.504 e. The highest BCUT2D eigenvalue weighted by Crippen LogP contribution is 2.24. The maximum Gasteiger partial charge on any atom is 0.157 e. The minimum absolute atomic E-state index is 0.0566. The van der Waals surface area contributed by atoms with Gasteiger partial charge in [-0.05, 0) is 37.0 Å². The van der Waals surface area contributed by atoms with Crippen LogP contribution in [0.5, 0.6) is 11.5 Å². The molecule has 3 nitrogen and oxygen atoms in total. The Hall–Kier alpha value is -1.22. The SMILES string of the molecule is CCC(C)CC(C)NCc1ccc(O)c(O)c1. The normalized spacial score (nSPS) is 14.5. The van der Waals surface area contributed by atoms with Crippen LogP contribution in [-0.2, 0) is 6.54 Å². The lowest BCUT2D eigenvalue weighted by Gasteiger charge is -2.17. The Balaban J connectivity index is 2.42. The quantitative estimate of drug-likeness (QED) is 0.667. The van der Waals surface area contributed by atoms with Crippen molar-refractivity contribution in [1.29, 1.82) is 0 Å². The average Bonchev–Trinajstić information content (AvgIpc) is 2.30. The first-order valence-corrected chi connectivity index (χ1v) is 6.27. The molecule has 1 rings (SSSR count). The van der Waals surface area contributed by atoms with Crippen LogP contribution in [0, 0.1) is 5.92 Å². The Bertz CT molecular complexity index is 352. The fourth-order valence-corrected chi connectivity index (χ4v) is 1.82. The lowest BCUT2D eigenvalue weighted by atomic mass is 10.0. The van der Waals surface area contributed by atoms with Gasteiger partial charge in [0.05, 0.1) is 0 Å². The summed E-state index contributed by atoms with van der Waals surface area (Å²) < 4.78 is 0. The molecule has 0 saturated carbocycles. The third kappa shape index (κ3) is 4.65. The molecule has 96 valence electrons. The second-order valence-electron chi connectivity index (χ2n) is 4.85. The standard InChI is InChI=1S/C14H23NO2/c1-4-10(2)7-11(3)15-9-12-5-6-13(16)14(17)8-12/h5-6,8,10-11,15-17H,4,7,9H2,1-3H3. The predicted molar refractivity (Wildman–Crippen MR) is 70.1 cm³/mol. The molecule has 0 spiro atoms. The Morgan fingerprint density at radius 2 is 1.88 bits per heavy atom. The van der Waals surface area contributed by atoms with Crippen LogP contribution in [0.2, 0.25) is 0 Å². The van der Waals surface area contributed by atoms with E-state index in [0.29, 0.717) is 12.6 Å². The Kier molecular flexibility index (Phi) is 5.29. The number of phenols is 2. The molecule has 1 aromatic carbocycles. The van der Waals surface area contributed by atoms with Gasteiger partial charge < -0.3 is 15.5 Å². The summed E-state index contributed by atoms with van der Waals surface area (Å²) in [6, 6.07) is 5.39. The van der Waals surface area contributed by atoms with Gasteiger partial charge in [0.25, 0.3) is 0 Å². The zero-order valence-electron chi connectivity index (χ0n) is 10.9. The molecule has 1 aromatic rings. The van der Waals surface area contributed by atoms with Crippen molar-refractivity contribution >= 4 is 0 Å². The summed E-state index contributed by atoms with van der Waals surface area (Å²) in [7, 11) is 0. The van der Waals surface area contributed by atoms with Crippen molar-refractivity contribution < 1.29 is 10.2 Å². The van der Waals surface area contributed by atoms with Gasteiger partial charge >= 0.3 is 0 Å². The van der Waals surface area contributed by atoms with Gasteiger partial charge in [-0.2, -0.15) is 0 Å². The number of phenolic OH excluding ortho intramolecular Hbond substituents is 2. The van der Waals surface area contributed by atoms with Gasteiger partial charge in [-0.1, -0.05) is 26.3 Å². The summed E-state index contributed by atoms with van der Waals surface area (Å²) in [6.45, 7) is 7.35. The van der Waals surface area contributed by atoms with E-state index in [4.69, 9.17) is 0 Å². The van der Waals surface area contributed by atoms with E-state index >= 15 is 0 Å². The number of benzene rings is 1. The highest BCUT2D eigenvalue weighted by Gasteiger charge is 2.07. The van der Waals surface area contributed by atoms with E-state index in [0.717, 1.165) is 17.9 Å². The first-order valence-electron chi connectivity index (χ1n) is 6.27. The molecule has 0 aromatic heterocycles. The van der Waals surface area contributed by atoms with Gasteiger partial charge in [0.1, 0.15) is 0 Å². The van der Waals surface area contributed by atoms with Crippen LogP contribution in [0.25, 0.3) is 0 Å². The fraction of sp³-hybridized carbons (Fsp3) is 0.571. The predicted octanol–water partition coefficient (Wildman–Crippen LogP) is 3.01. The van der Waals surface area contributed by atoms with Crippen LogP contribution in [-0.4, -0.2) is 16.3 Å². The number of aromatic hydroxyl groups is 2. The summed E-state index contributed by atoms with van der Waals surface area (Å²) in [5.41, 5.74) is 0.983. The van der Waals surface area contributed by atoms with Crippen LogP contribution in [0.4, 0.5) is 0 Å². The fourth-order valence-electron chi connectivity index (χ4n) is 1.82. The van der Waals surface area contributed by atoms with Crippen molar-refractivity contribution in [3.63, 3.8) is 0 Å². The molecule has 0 bridgehead atoms. The van der Waals surface area contributed by atoms with E-state index in [1.54, 1.807) is 6.07 Å². The smallest absolute Gasteiger partial charge is 0.157 e. The first-order chi connectivity index (χ1) is 8.02. The minimum atomic E-state index is -0.0681. The molecule has 0 saturated heterocycles. The van der Waals surface area contributed by atoms with Crippen LogP contribution in [0.3, 0.4) is 0 Å². The van der Waals surface area contributed by atoms with Gasteiger partial charge in [0.2, 0.25) is 0 Å². The summed E-state index contributed by atoms with van der Waals surface area (Å²) in [4.78, 5) is 0. The average molecular weight is 237 g/mol. The maximum atomic E-state index is 9.37. The van der Waals surface area contributed by atoms with Gasteiger partial charge in [-0.15, -0.1) is 0 Å². The molecule has 0 aliphatic heterocycles. The monoisotopic (exact) mass is 237 g/mol. The van der Waals surface area contributed by atoms with Crippen molar-refractivity contribution in [2.45, 2.75) is 46.2 Å². The van der Waals surface area contributed by atoms with E-state index in [9.17, 15) is 10.2 Å². The molecule has 0 fully saturated rings. The topological polar surface area (TPSA) is 52.5 Å². The molecule has 3 heteroatoms. The molecular formula is C14H23NO2. The molecule has 17 heavy (non-hydrogen) atoms. The van der Waals surface area contributed by atoms with E-state index in [2.05, 4.69) is 26.1 Å². The zero-order valence-corrected chi connectivity index (χ0v) is 10.9. The molecule has 0 aliphatic carbocycles. The van der Waals surface area contributed by atoms with E-state index in [-0.39, 0.29) is 11.5 Å². The highest BCUT2D eigenvalue weighted by molar-refractivity contribution is 5.40. The Morgan fingerprint density at radius 1 is 1.18 bits per heavy atom. The first kappa shape index (κ1) is 13.8. The lowest BCUT2D eigenvalue weighted by Crippen LogP contribution is -2.27. The van der Waals surface area contributed by atoms with Crippen molar-refractivity contribution in [3.8, 4) is 11.5 Å². The lowest BCUT2D eigenvalue weighted by molar-refractivity contribution is 0.399. The van der Waals surface area contributed by atoms with Gasteiger partial charge in [0.15, 0.2) is 11.5 Å². The maximum absolute atomic E-state index is 9.37. The van der Waals surface area contributed by atoms with Gasteiger partial charge in [-0.3, -0.25) is 0 Å². The van der Waals surface area contributed by atoms with E-state index < -0.39 is 0 Å². The second kappa shape index (κ2) is 6.50. The molecule has 3 N–H and O–H groups in total. The van der Waals surface area contributed by atoms with Crippen molar-refractivity contribution in [2.75, 3.05) is 0 Å². The number of hydrogen-bond donors (Lipinski definition) is 3. The molecule has 0 heterocycles. The van der Waals surface area contributed by atoms with Crippen LogP contribution in [0.1, 0.15) is 39.2 Å². The summed E-state index contributed by atoms with van der Waals surface area (Å²) in [6.07, 6.45) is 2.35. The van der Waals surface area contributed by atoms with Gasteiger partial charge in [0, 0.05) is 12.6 Å². The third-order valence-electron chi connectivity index (χ3n) is 3.15. The van der Waals surface area contributed by atoms with Crippen LogP contribution in [0.15, 0.2) is 18.2 Å². The minimum Gasteiger partial charge on any atom is -0.504 e. The number of hydrogen-bond acceptors (Lipinski definition) is 3. The summed E-state index contributed by atoms with van der Waals surface area (Å²) in [5, 5.41) is 22.0. The molecular weight excluding hydrogens is 214 g/mol. The number of rotatable bonds is 6. The Morgan fingerprint density at radius 3 is 2.47 bits per heavy atom. The molecule has 0 amide bonds. The highest BCUT2D eigenvalue weighted by atomic mass is 16.3. The van der Waals surface area contributed by atoms with Crippen molar-refractivity contribution in [2.24, 2.45) is 5.92 Å². The van der Waals surface area contributed by atoms with Crippen LogP contribution >= 0.6 is 0 Å². The molecule has 2 unspecified atom stereocenters. The summed E-state index contributed by atoms with van der Waals surface area (Å²) in [5.74, 6) is 0.603. The van der Waals surface area contributed by atoms with Crippen molar-refractivity contribution in [1.82, 2.24) is 5.32 Å². The summed E-state index contributed by atoms with van der Waals surface area (Å²) >= 11 is 0. The molecule has 2 atom stereocenters. The van der Waals surface area contributed by atoms with Crippen LogP contribution < -0.4 is 5.32 Å². The zero-order chi connectivity index (χ0) is 12.8. The second-order valence-corrected chi connectivity index (χ2v) is 4.85. The van der Waals surface area contributed by atoms with E-state index in [1.165, 1.54) is 12.5 Å². The Labute approximate surface area is 103 Å². The van der Waals surface area contributed by atoms with Crippen molar-refractivity contribution in [3.05, 3.63) is 23.8 Å². The van der Waals surface area contributed by atoms with E-state index in [1.807, 2.05) is 6.07 Å². The number of nitrogens with one attached hydrogen (secondary N) is 1. The molecule has 0 radical (unpaired) electrons. The van der Waals surface area contributed by atoms with Gasteiger partial charge in [-0.25, -0.2) is 0 Å². The molecule has 0 aliphatic rings.